The molecule has 1 heterocycles. The molecule has 1 unspecified atom stereocenters. The molecule has 3 aromatic rings. The molecule has 0 bridgehead atoms. The Labute approximate surface area is 142 Å². The quantitative estimate of drug-likeness (QED) is 0.725. The Bertz CT molecular complexity index is 800. The summed E-state index contributed by atoms with van der Waals surface area (Å²) in [6.45, 7) is 1.57. The van der Waals surface area contributed by atoms with Gasteiger partial charge in [0.15, 0.2) is 0 Å². The lowest BCUT2D eigenvalue weighted by atomic mass is 10.1. The summed E-state index contributed by atoms with van der Waals surface area (Å²) >= 11 is 0. The van der Waals surface area contributed by atoms with Crippen molar-refractivity contribution in [2.45, 2.75) is 12.6 Å². The predicted octanol–water partition coefficient (Wildman–Crippen LogP) is 2.45. The van der Waals surface area contributed by atoms with E-state index in [1.165, 1.54) is 5.39 Å². The average Bonchev–Trinajstić information content (AvgIpc) is 2.97. The van der Waals surface area contributed by atoms with Crippen LogP contribution in [0.2, 0.25) is 0 Å². The molecule has 0 spiro atoms. The molecule has 0 amide bonds. The summed E-state index contributed by atoms with van der Waals surface area (Å²) in [6.07, 6.45) is 3.28. The van der Waals surface area contributed by atoms with Crippen LogP contribution in [-0.2, 0) is 13.6 Å². The van der Waals surface area contributed by atoms with Crippen molar-refractivity contribution in [2.75, 3.05) is 20.2 Å². The monoisotopic (exact) mass is 325 g/mol. The molecule has 5 heteroatoms. The van der Waals surface area contributed by atoms with Gasteiger partial charge in [0.25, 0.3) is 0 Å². The van der Waals surface area contributed by atoms with E-state index in [9.17, 15) is 5.11 Å². The molecule has 24 heavy (non-hydrogen) atoms. The second-order valence-electron chi connectivity index (χ2n) is 6.19. The molecular formula is C19H23N3O2. The average molecular weight is 325 g/mol. The summed E-state index contributed by atoms with van der Waals surface area (Å²) in [7, 11) is 3.88. The van der Waals surface area contributed by atoms with Crippen molar-refractivity contribution >= 4 is 10.8 Å². The Morgan fingerprint density at radius 3 is 2.75 bits per heavy atom. The number of rotatable bonds is 7. The van der Waals surface area contributed by atoms with E-state index in [4.69, 9.17) is 4.74 Å². The summed E-state index contributed by atoms with van der Waals surface area (Å²) in [6, 6.07) is 14.1. The zero-order chi connectivity index (χ0) is 16.9. The van der Waals surface area contributed by atoms with Crippen LogP contribution in [-0.4, -0.2) is 46.1 Å². The zero-order valence-electron chi connectivity index (χ0n) is 14.1. The Morgan fingerprint density at radius 2 is 2.00 bits per heavy atom. The van der Waals surface area contributed by atoms with Crippen molar-refractivity contribution in [1.29, 1.82) is 0 Å². The third-order valence-electron chi connectivity index (χ3n) is 3.90. The summed E-state index contributed by atoms with van der Waals surface area (Å²) in [5, 5.41) is 16.7. The van der Waals surface area contributed by atoms with E-state index in [-0.39, 0.29) is 6.61 Å². The smallest absolute Gasteiger partial charge is 0.120 e. The minimum atomic E-state index is -0.543. The van der Waals surface area contributed by atoms with Gasteiger partial charge in [-0.25, -0.2) is 0 Å². The minimum absolute atomic E-state index is 0.274. The first-order valence-electron chi connectivity index (χ1n) is 8.06. The standard InChI is InChI=1S/C19H23N3O2/c1-21(11-15-10-20-22(2)12-15)13-18(23)14-24-19-8-7-16-5-3-4-6-17(16)9-19/h3-10,12,18,23H,11,13-14H2,1-2H3. The highest BCUT2D eigenvalue weighted by Gasteiger charge is 2.10. The van der Waals surface area contributed by atoms with Crippen molar-refractivity contribution in [3.05, 3.63) is 60.4 Å². The highest BCUT2D eigenvalue weighted by molar-refractivity contribution is 5.83. The first kappa shape index (κ1) is 16.5. The minimum Gasteiger partial charge on any atom is -0.491 e. The lowest BCUT2D eigenvalue weighted by molar-refractivity contribution is 0.0744. The molecule has 0 aliphatic rings. The van der Waals surface area contributed by atoms with Crippen LogP contribution in [0.4, 0.5) is 0 Å². The maximum Gasteiger partial charge on any atom is 0.120 e. The van der Waals surface area contributed by atoms with Gasteiger partial charge in [-0.2, -0.15) is 5.10 Å². The number of likely N-dealkylation sites (N-methyl/N-ethyl adjacent to an activating group) is 1. The third kappa shape index (κ3) is 4.34. The molecule has 0 aliphatic carbocycles. The van der Waals surface area contributed by atoms with Gasteiger partial charge in [0, 0.05) is 31.9 Å². The van der Waals surface area contributed by atoms with Crippen molar-refractivity contribution in [1.82, 2.24) is 14.7 Å². The number of aliphatic hydroxyl groups is 1. The van der Waals surface area contributed by atoms with E-state index in [2.05, 4.69) is 22.1 Å². The normalized spacial score (nSPS) is 12.7. The van der Waals surface area contributed by atoms with Crippen LogP contribution in [0.5, 0.6) is 5.75 Å². The van der Waals surface area contributed by atoms with Crippen molar-refractivity contribution in [3.8, 4) is 5.75 Å². The molecule has 1 atom stereocenters. The Hall–Kier alpha value is -2.37. The van der Waals surface area contributed by atoms with Gasteiger partial charge < -0.3 is 9.84 Å². The van der Waals surface area contributed by atoms with Crippen molar-refractivity contribution in [2.24, 2.45) is 7.05 Å². The van der Waals surface area contributed by atoms with Crippen molar-refractivity contribution in [3.63, 3.8) is 0 Å². The van der Waals surface area contributed by atoms with E-state index >= 15 is 0 Å². The second kappa shape index (κ2) is 7.47. The zero-order valence-corrected chi connectivity index (χ0v) is 14.1. The molecule has 1 aromatic heterocycles. The van der Waals surface area contributed by atoms with Gasteiger partial charge in [-0.05, 0) is 30.0 Å². The van der Waals surface area contributed by atoms with Crippen LogP contribution < -0.4 is 4.74 Å². The fourth-order valence-electron chi connectivity index (χ4n) is 2.79. The largest absolute Gasteiger partial charge is 0.491 e. The van der Waals surface area contributed by atoms with Crippen LogP contribution >= 0.6 is 0 Å². The Balaban J connectivity index is 1.49. The molecule has 0 saturated carbocycles. The molecule has 3 rings (SSSR count). The number of aromatic nitrogens is 2. The maximum atomic E-state index is 10.2. The fraction of sp³-hybridized carbons (Fsp3) is 0.316. The predicted molar refractivity (Wildman–Crippen MR) is 95.0 cm³/mol. The van der Waals surface area contributed by atoms with Crippen LogP contribution in [0.3, 0.4) is 0 Å². The Morgan fingerprint density at radius 1 is 1.21 bits per heavy atom. The lowest BCUT2D eigenvalue weighted by Gasteiger charge is -2.20. The van der Waals surface area contributed by atoms with Crippen LogP contribution in [0.15, 0.2) is 54.9 Å². The van der Waals surface area contributed by atoms with Crippen LogP contribution in [0, 0.1) is 0 Å². The van der Waals surface area contributed by atoms with Gasteiger partial charge in [0.2, 0.25) is 0 Å². The van der Waals surface area contributed by atoms with Gasteiger partial charge in [0.05, 0.1) is 6.20 Å². The topological polar surface area (TPSA) is 50.5 Å². The molecule has 0 radical (unpaired) electrons. The molecule has 0 aliphatic heterocycles. The summed E-state index contributed by atoms with van der Waals surface area (Å²) in [4.78, 5) is 2.06. The molecule has 5 nitrogen and oxygen atoms in total. The van der Waals surface area contributed by atoms with E-state index in [1.807, 2.05) is 56.8 Å². The molecule has 0 saturated heterocycles. The summed E-state index contributed by atoms with van der Waals surface area (Å²) in [5.74, 6) is 0.780. The number of fused-ring (bicyclic) bond motifs is 1. The number of benzene rings is 2. The second-order valence-corrected chi connectivity index (χ2v) is 6.19. The fourth-order valence-corrected chi connectivity index (χ4v) is 2.79. The van der Waals surface area contributed by atoms with Crippen molar-refractivity contribution < 1.29 is 9.84 Å². The Kier molecular flexibility index (Phi) is 5.13. The van der Waals surface area contributed by atoms with Gasteiger partial charge >= 0.3 is 0 Å². The van der Waals surface area contributed by atoms with E-state index in [0.29, 0.717) is 6.54 Å². The number of aliphatic hydroxyl groups excluding tert-OH is 1. The van der Waals surface area contributed by atoms with E-state index in [1.54, 1.807) is 4.68 Å². The lowest BCUT2D eigenvalue weighted by Crippen LogP contribution is -2.32. The molecule has 0 fully saturated rings. The number of ether oxygens (including phenoxy) is 1. The van der Waals surface area contributed by atoms with Crippen LogP contribution in [0.25, 0.3) is 10.8 Å². The van der Waals surface area contributed by atoms with Gasteiger partial charge in [-0.1, -0.05) is 30.3 Å². The summed E-state index contributed by atoms with van der Waals surface area (Å²) < 4.78 is 7.52. The SMILES string of the molecule is CN(Cc1cnn(C)c1)CC(O)COc1ccc2ccccc2c1. The molecule has 126 valence electrons. The first-order valence-corrected chi connectivity index (χ1v) is 8.06. The molecule has 2 aromatic carbocycles. The van der Waals surface area contributed by atoms with Gasteiger partial charge in [0.1, 0.15) is 18.5 Å². The highest BCUT2D eigenvalue weighted by Crippen LogP contribution is 2.20. The molecular weight excluding hydrogens is 302 g/mol. The highest BCUT2D eigenvalue weighted by atomic mass is 16.5. The summed E-state index contributed by atoms with van der Waals surface area (Å²) in [5.41, 5.74) is 1.13. The van der Waals surface area contributed by atoms with E-state index in [0.717, 1.165) is 23.2 Å². The number of hydrogen-bond donors (Lipinski definition) is 1. The molecule has 1 N–H and O–H groups in total. The number of aryl methyl sites for hydroxylation is 1. The van der Waals surface area contributed by atoms with Crippen LogP contribution in [0.1, 0.15) is 5.56 Å². The third-order valence-corrected chi connectivity index (χ3v) is 3.90. The van der Waals surface area contributed by atoms with Gasteiger partial charge in [-0.3, -0.25) is 9.58 Å². The van der Waals surface area contributed by atoms with E-state index < -0.39 is 6.10 Å². The first-order chi connectivity index (χ1) is 11.6. The number of nitrogens with zero attached hydrogens (tertiary/aromatic N) is 3. The van der Waals surface area contributed by atoms with Gasteiger partial charge in [-0.15, -0.1) is 0 Å². The number of hydrogen-bond acceptors (Lipinski definition) is 4. The maximum absolute atomic E-state index is 10.2.